The largest absolute Gasteiger partial charge is 0.434 e. The van der Waals surface area contributed by atoms with E-state index < -0.39 is 12.5 Å². The zero-order chi connectivity index (χ0) is 13.0. The molecule has 6 heteroatoms. The minimum Gasteiger partial charge on any atom is -0.434 e. The van der Waals surface area contributed by atoms with Crippen molar-refractivity contribution in [2.45, 2.75) is 26.5 Å². The van der Waals surface area contributed by atoms with Crippen LogP contribution in [0.2, 0.25) is 0 Å². The van der Waals surface area contributed by atoms with Crippen LogP contribution in [0, 0.1) is 0 Å². The van der Waals surface area contributed by atoms with Crippen molar-refractivity contribution in [3.8, 4) is 5.75 Å². The third-order valence-corrected chi connectivity index (χ3v) is 2.32. The number of amides is 1. The van der Waals surface area contributed by atoms with Crippen molar-refractivity contribution in [3.05, 3.63) is 28.2 Å². The lowest BCUT2D eigenvalue weighted by molar-refractivity contribution is -0.0501. The lowest BCUT2D eigenvalue weighted by Crippen LogP contribution is -2.30. The van der Waals surface area contributed by atoms with E-state index in [1.165, 1.54) is 18.2 Å². The van der Waals surface area contributed by atoms with Gasteiger partial charge in [-0.25, -0.2) is 0 Å². The molecule has 1 rings (SSSR count). The summed E-state index contributed by atoms with van der Waals surface area (Å²) in [6, 6.07) is 4.21. The highest BCUT2D eigenvalue weighted by atomic mass is 79.9. The summed E-state index contributed by atoms with van der Waals surface area (Å²) in [4.78, 5) is 11.8. The Morgan fingerprint density at radius 1 is 1.41 bits per heavy atom. The molecule has 0 bridgehead atoms. The van der Waals surface area contributed by atoms with Crippen LogP contribution in [0.15, 0.2) is 22.7 Å². The van der Waals surface area contributed by atoms with Crippen LogP contribution in [-0.4, -0.2) is 18.6 Å². The number of alkyl halides is 2. The Balaban J connectivity index is 3.02. The van der Waals surface area contributed by atoms with Crippen LogP contribution in [0.1, 0.15) is 24.2 Å². The third kappa shape index (κ3) is 4.30. The van der Waals surface area contributed by atoms with Crippen LogP contribution >= 0.6 is 15.9 Å². The molecule has 0 atom stereocenters. The van der Waals surface area contributed by atoms with E-state index in [0.717, 1.165) is 0 Å². The van der Waals surface area contributed by atoms with Crippen LogP contribution in [0.5, 0.6) is 5.75 Å². The van der Waals surface area contributed by atoms with Gasteiger partial charge >= 0.3 is 6.61 Å². The van der Waals surface area contributed by atoms with Gasteiger partial charge in [-0.15, -0.1) is 0 Å². The van der Waals surface area contributed by atoms with Gasteiger partial charge in [-0.3, -0.25) is 4.79 Å². The summed E-state index contributed by atoms with van der Waals surface area (Å²) in [5.74, 6) is -0.585. The van der Waals surface area contributed by atoms with Gasteiger partial charge in [0.15, 0.2) is 0 Å². The van der Waals surface area contributed by atoms with Crippen molar-refractivity contribution in [2.24, 2.45) is 0 Å². The Bertz CT molecular complexity index is 410. The number of nitrogens with one attached hydrogen (secondary N) is 1. The molecule has 1 aromatic rings. The Hall–Kier alpha value is -1.17. The van der Waals surface area contributed by atoms with Gasteiger partial charge in [0.25, 0.3) is 5.91 Å². The lowest BCUT2D eigenvalue weighted by atomic mass is 10.2. The minimum absolute atomic E-state index is 0.0772. The van der Waals surface area contributed by atoms with Crippen LogP contribution in [-0.2, 0) is 0 Å². The molecule has 0 aliphatic heterocycles. The maximum absolute atomic E-state index is 12.2. The number of benzene rings is 1. The Morgan fingerprint density at radius 2 is 2.06 bits per heavy atom. The second-order valence-corrected chi connectivity index (χ2v) is 4.56. The summed E-state index contributed by atoms with van der Waals surface area (Å²) in [7, 11) is 0. The second kappa shape index (κ2) is 5.95. The first kappa shape index (κ1) is 13.9. The monoisotopic (exact) mass is 307 g/mol. The predicted octanol–water partition coefficient (Wildman–Crippen LogP) is 3.19. The highest BCUT2D eigenvalue weighted by Gasteiger charge is 2.16. The van der Waals surface area contributed by atoms with E-state index in [1.807, 2.05) is 0 Å². The SMILES string of the molecule is CC(C)NC(=O)c1cc(Br)ccc1OC(F)F. The van der Waals surface area contributed by atoms with Gasteiger partial charge in [0.1, 0.15) is 5.75 Å². The number of carbonyl (C=O) groups excluding carboxylic acids is 1. The van der Waals surface area contributed by atoms with Gasteiger partial charge in [-0.05, 0) is 32.0 Å². The van der Waals surface area contributed by atoms with Crippen molar-refractivity contribution < 1.29 is 18.3 Å². The second-order valence-electron chi connectivity index (χ2n) is 3.65. The number of halogens is 3. The number of ether oxygens (including phenoxy) is 1. The predicted molar refractivity (Wildman–Crippen MR) is 63.4 cm³/mol. The molecule has 3 nitrogen and oxygen atoms in total. The summed E-state index contributed by atoms with van der Waals surface area (Å²) < 4.78 is 29.2. The molecule has 0 spiro atoms. The molecule has 1 N–H and O–H groups in total. The summed E-state index contributed by atoms with van der Waals surface area (Å²) >= 11 is 3.17. The van der Waals surface area contributed by atoms with E-state index in [-0.39, 0.29) is 17.4 Å². The molecule has 0 aliphatic carbocycles. The summed E-state index contributed by atoms with van der Waals surface area (Å²) in [5.41, 5.74) is 0.0772. The molecule has 0 fully saturated rings. The fourth-order valence-corrected chi connectivity index (χ4v) is 1.58. The van der Waals surface area contributed by atoms with Crippen LogP contribution in [0.4, 0.5) is 8.78 Å². The zero-order valence-electron chi connectivity index (χ0n) is 9.34. The van der Waals surface area contributed by atoms with Gasteiger partial charge in [0, 0.05) is 10.5 Å². The molecular weight excluding hydrogens is 296 g/mol. The molecule has 0 saturated carbocycles. The Morgan fingerprint density at radius 3 is 2.59 bits per heavy atom. The molecule has 0 saturated heterocycles. The molecule has 0 aliphatic rings. The molecule has 1 aromatic carbocycles. The van der Waals surface area contributed by atoms with E-state index >= 15 is 0 Å². The highest BCUT2D eigenvalue weighted by molar-refractivity contribution is 9.10. The number of hydrogen-bond donors (Lipinski definition) is 1. The van der Waals surface area contributed by atoms with Gasteiger partial charge in [-0.2, -0.15) is 8.78 Å². The molecule has 0 heterocycles. The topological polar surface area (TPSA) is 38.3 Å². The van der Waals surface area contributed by atoms with Crippen molar-refractivity contribution in [1.29, 1.82) is 0 Å². The maximum atomic E-state index is 12.2. The minimum atomic E-state index is -2.96. The smallest absolute Gasteiger partial charge is 0.387 e. The fourth-order valence-electron chi connectivity index (χ4n) is 1.22. The quantitative estimate of drug-likeness (QED) is 0.927. The number of rotatable bonds is 4. The fraction of sp³-hybridized carbons (Fsp3) is 0.364. The molecule has 0 unspecified atom stereocenters. The molecular formula is C11H12BrF2NO2. The van der Waals surface area contributed by atoms with Crippen molar-refractivity contribution >= 4 is 21.8 Å². The van der Waals surface area contributed by atoms with Gasteiger partial charge in [0.2, 0.25) is 0 Å². The van der Waals surface area contributed by atoms with Crippen molar-refractivity contribution in [1.82, 2.24) is 5.32 Å². The standard InChI is InChI=1S/C11H12BrF2NO2/c1-6(2)15-10(16)8-5-7(12)3-4-9(8)17-11(13)14/h3-6,11H,1-2H3,(H,15,16). The molecule has 1 amide bonds. The maximum Gasteiger partial charge on any atom is 0.387 e. The zero-order valence-corrected chi connectivity index (χ0v) is 10.9. The molecule has 0 aromatic heterocycles. The number of hydrogen-bond acceptors (Lipinski definition) is 2. The van der Waals surface area contributed by atoms with Gasteiger partial charge in [-0.1, -0.05) is 15.9 Å². The normalized spacial score (nSPS) is 10.8. The Labute approximate surface area is 106 Å². The van der Waals surface area contributed by atoms with Crippen molar-refractivity contribution in [3.63, 3.8) is 0 Å². The van der Waals surface area contributed by atoms with Crippen LogP contribution in [0.3, 0.4) is 0 Å². The number of carbonyl (C=O) groups is 1. The van der Waals surface area contributed by atoms with E-state index in [1.54, 1.807) is 13.8 Å². The first-order valence-electron chi connectivity index (χ1n) is 4.95. The molecule has 94 valence electrons. The summed E-state index contributed by atoms with van der Waals surface area (Å²) in [6.45, 7) is 0.606. The van der Waals surface area contributed by atoms with E-state index in [0.29, 0.717) is 4.47 Å². The van der Waals surface area contributed by atoms with Gasteiger partial charge in [0.05, 0.1) is 5.56 Å². The molecule has 0 radical (unpaired) electrons. The first-order valence-corrected chi connectivity index (χ1v) is 5.74. The lowest BCUT2D eigenvalue weighted by Gasteiger charge is -2.13. The average Bonchev–Trinajstić information content (AvgIpc) is 2.19. The van der Waals surface area contributed by atoms with E-state index in [4.69, 9.17) is 0 Å². The van der Waals surface area contributed by atoms with Gasteiger partial charge < -0.3 is 10.1 Å². The van der Waals surface area contributed by atoms with Crippen LogP contribution < -0.4 is 10.1 Å². The van der Waals surface area contributed by atoms with Crippen molar-refractivity contribution in [2.75, 3.05) is 0 Å². The van der Waals surface area contributed by atoms with Crippen LogP contribution in [0.25, 0.3) is 0 Å². The third-order valence-electron chi connectivity index (χ3n) is 1.82. The van der Waals surface area contributed by atoms with E-state index in [9.17, 15) is 13.6 Å². The first-order chi connectivity index (χ1) is 7.90. The van der Waals surface area contributed by atoms with E-state index in [2.05, 4.69) is 26.0 Å². The summed E-state index contributed by atoms with van der Waals surface area (Å²) in [6.07, 6.45) is 0. The average molecular weight is 308 g/mol. The Kier molecular flexibility index (Phi) is 4.86. The molecule has 17 heavy (non-hydrogen) atoms. The highest BCUT2D eigenvalue weighted by Crippen LogP contribution is 2.24. The summed E-state index contributed by atoms with van der Waals surface area (Å²) in [5, 5.41) is 2.62.